The topological polar surface area (TPSA) is 157 Å². The van der Waals surface area contributed by atoms with E-state index in [-0.39, 0.29) is 53.2 Å². The lowest BCUT2D eigenvalue weighted by molar-refractivity contribution is -0.0106. The number of rotatable bonds is 7. The van der Waals surface area contributed by atoms with Crippen LogP contribution in [0.4, 0.5) is 20.8 Å². The molecule has 222 valence electrons. The molecule has 0 aliphatic carbocycles. The fraction of sp³-hybridized carbons (Fsp3) is 0.393. The molecule has 1 aliphatic heterocycles. The number of benzene rings is 2. The molecule has 42 heavy (non-hydrogen) atoms. The first-order valence-electron chi connectivity index (χ1n) is 12.9. The van der Waals surface area contributed by atoms with E-state index < -0.39 is 33.8 Å². The number of halogens is 1. The number of aromatic nitrogens is 3. The minimum atomic E-state index is -3.49. The summed E-state index contributed by atoms with van der Waals surface area (Å²) in [6.07, 6.45) is -0.295. The average molecular weight is 599 g/mol. The molecule has 1 amide bonds. The van der Waals surface area contributed by atoms with Gasteiger partial charge in [0.2, 0.25) is 5.95 Å². The van der Waals surface area contributed by atoms with Crippen LogP contribution in [-0.2, 0) is 14.6 Å². The molecule has 1 N–H and O–H groups in total. The van der Waals surface area contributed by atoms with E-state index in [4.69, 9.17) is 14.2 Å². The van der Waals surface area contributed by atoms with Gasteiger partial charge in [0.1, 0.15) is 40.5 Å². The lowest BCUT2D eigenvalue weighted by Gasteiger charge is -2.35. The van der Waals surface area contributed by atoms with Gasteiger partial charge >= 0.3 is 6.09 Å². The van der Waals surface area contributed by atoms with Crippen LogP contribution < -0.4 is 14.8 Å². The van der Waals surface area contributed by atoms with Crippen molar-refractivity contribution in [1.82, 2.24) is 19.9 Å². The first kappa shape index (κ1) is 30.4. The molecule has 1 aromatic heterocycles. The summed E-state index contributed by atoms with van der Waals surface area (Å²) < 4.78 is 55.3. The van der Waals surface area contributed by atoms with Gasteiger partial charge in [-0.2, -0.15) is 10.2 Å². The lowest BCUT2D eigenvalue weighted by Crippen LogP contribution is -2.50. The first-order valence-corrected chi connectivity index (χ1v) is 14.8. The van der Waals surface area contributed by atoms with Crippen LogP contribution >= 0.6 is 0 Å². The van der Waals surface area contributed by atoms with Crippen LogP contribution in [-0.4, -0.2) is 78.7 Å². The number of amides is 1. The van der Waals surface area contributed by atoms with E-state index in [1.54, 1.807) is 39.0 Å². The molecular formula is C28H31FN6O6S. The van der Waals surface area contributed by atoms with Crippen molar-refractivity contribution in [2.24, 2.45) is 0 Å². The Balaban J connectivity index is 1.47. The van der Waals surface area contributed by atoms with Gasteiger partial charge in [-0.15, -0.1) is 0 Å². The fourth-order valence-corrected chi connectivity index (χ4v) is 5.03. The predicted molar refractivity (Wildman–Crippen MR) is 151 cm³/mol. The zero-order chi connectivity index (χ0) is 30.7. The summed E-state index contributed by atoms with van der Waals surface area (Å²) in [5, 5.41) is 12.8. The number of anilines is 2. The standard InChI is InChI=1S/C28H31FN6O6S/c1-28(2,3)41-27(36)35-11-10-22(20(29)15-35)40-21-8-6-17(12-18(21)14-30)25-31-16-32-26(34-25)33-19-7-9-24(42(5,37)38)23(13-19)39-4/h6-9,12-13,16,20,22H,10-11,15H2,1-5H3,(H,31,32,33,34)/t20-,22+/m1/s1. The van der Waals surface area contributed by atoms with Crippen molar-refractivity contribution in [2.75, 3.05) is 31.8 Å². The summed E-state index contributed by atoms with van der Waals surface area (Å²) >= 11 is 0. The molecule has 3 aromatic rings. The van der Waals surface area contributed by atoms with Crippen LogP contribution in [0.3, 0.4) is 0 Å². The van der Waals surface area contributed by atoms with Gasteiger partial charge in [0.05, 0.1) is 19.2 Å². The molecule has 12 nitrogen and oxygen atoms in total. The number of ether oxygens (including phenoxy) is 3. The molecule has 14 heteroatoms. The van der Waals surface area contributed by atoms with Gasteiger partial charge in [0.15, 0.2) is 21.8 Å². The van der Waals surface area contributed by atoms with Crippen molar-refractivity contribution in [3.05, 3.63) is 48.3 Å². The van der Waals surface area contributed by atoms with Crippen LogP contribution in [0.15, 0.2) is 47.6 Å². The number of nitriles is 1. The minimum absolute atomic E-state index is 0.0471. The Kier molecular flexibility index (Phi) is 8.81. The van der Waals surface area contributed by atoms with Crippen molar-refractivity contribution in [1.29, 1.82) is 5.26 Å². The Morgan fingerprint density at radius 2 is 1.93 bits per heavy atom. The number of hydrogen-bond acceptors (Lipinski definition) is 11. The van der Waals surface area contributed by atoms with Crippen molar-refractivity contribution >= 4 is 27.6 Å². The molecular weight excluding hydrogens is 567 g/mol. The number of nitrogens with one attached hydrogen (secondary N) is 1. The van der Waals surface area contributed by atoms with E-state index in [0.717, 1.165) is 6.26 Å². The number of piperidine rings is 1. The maximum Gasteiger partial charge on any atom is 0.410 e. The van der Waals surface area contributed by atoms with Gasteiger partial charge in [0.25, 0.3) is 0 Å². The number of carbonyl (C=O) groups excluding carboxylic acids is 1. The average Bonchev–Trinajstić information content (AvgIpc) is 2.92. The molecule has 2 atom stereocenters. The van der Waals surface area contributed by atoms with E-state index in [9.17, 15) is 22.9 Å². The van der Waals surface area contributed by atoms with E-state index in [0.29, 0.717) is 11.3 Å². The van der Waals surface area contributed by atoms with E-state index in [1.165, 1.54) is 36.5 Å². The van der Waals surface area contributed by atoms with Crippen molar-refractivity contribution < 1.29 is 31.8 Å². The van der Waals surface area contributed by atoms with Crippen LogP contribution in [0.25, 0.3) is 11.4 Å². The van der Waals surface area contributed by atoms with Gasteiger partial charge < -0.3 is 24.4 Å². The summed E-state index contributed by atoms with van der Waals surface area (Å²) in [6, 6.07) is 11.3. The van der Waals surface area contributed by atoms with Gasteiger partial charge in [-0.05, 0) is 51.1 Å². The number of likely N-dealkylation sites (tertiary alicyclic amines) is 1. The molecule has 1 saturated heterocycles. The number of hydrogen-bond donors (Lipinski definition) is 1. The lowest BCUT2D eigenvalue weighted by atomic mass is 10.1. The van der Waals surface area contributed by atoms with E-state index in [1.807, 2.05) is 0 Å². The summed E-state index contributed by atoms with van der Waals surface area (Å²) in [6.45, 7) is 5.31. The minimum Gasteiger partial charge on any atom is -0.495 e. The first-order chi connectivity index (χ1) is 19.8. The number of carbonyl (C=O) groups is 1. The highest BCUT2D eigenvalue weighted by molar-refractivity contribution is 7.90. The number of methoxy groups -OCH3 is 1. The Labute approximate surface area is 243 Å². The van der Waals surface area contributed by atoms with Crippen LogP contribution in [0.1, 0.15) is 32.8 Å². The zero-order valence-electron chi connectivity index (χ0n) is 23.8. The molecule has 1 aliphatic rings. The second-order valence-corrected chi connectivity index (χ2v) is 12.6. The smallest absolute Gasteiger partial charge is 0.410 e. The van der Waals surface area contributed by atoms with Crippen LogP contribution in [0.5, 0.6) is 11.5 Å². The molecule has 2 aromatic carbocycles. The molecule has 0 unspecified atom stereocenters. The normalized spacial score (nSPS) is 17.2. The van der Waals surface area contributed by atoms with Gasteiger partial charge in [-0.1, -0.05) is 0 Å². The summed E-state index contributed by atoms with van der Waals surface area (Å²) in [5.74, 6) is 0.788. The Morgan fingerprint density at radius 3 is 2.57 bits per heavy atom. The zero-order valence-corrected chi connectivity index (χ0v) is 24.6. The Morgan fingerprint density at radius 1 is 1.17 bits per heavy atom. The van der Waals surface area contributed by atoms with E-state index >= 15 is 0 Å². The monoisotopic (exact) mass is 598 g/mol. The molecule has 0 saturated carbocycles. The highest BCUT2D eigenvalue weighted by atomic mass is 32.2. The fourth-order valence-electron chi connectivity index (χ4n) is 4.21. The number of nitrogens with zero attached hydrogens (tertiary/aromatic N) is 5. The van der Waals surface area contributed by atoms with Crippen molar-refractivity contribution in [3.8, 4) is 29.0 Å². The highest BCUT2D eigenvalue weighted by Gasteiger charge is 2.35. The maximum absolute atomic E-state index is 15.0. The second-order valence-electron chi connectivity index (χ2n) is 10.6. The molecule has 4 rings (SSSR count). The number of alkyl halides is 1. The molecule has 0 bridgehead atoms. The molecule has 0 spiro atoms. The molecule has 0 radical (unpaired) electrons. The predicted octanol–water partition coefficient (Wildman–Crippen LogP) is 4.29. The van der Waals surface area contributed by atoms with Gasteiger partial charge in [-0.3, -0.25) is 0 Å². The number of sulfone groups is 1. The van der Waals surface area contributed by atoms with E-state index in [2.05, 4.69) is 26.3 Å². The summed E-state index contributed by atoms with van der Waals surface area (Å²) in [7, 11) is -2.11. The third-order valence-electron chi connectivity index (χ3n) is 6.16. The summed E-state index contributed by atoms with van der Waals surface area (Å²) in [4.78, 5) is 26.4. The third-order valence-corrected chi connectivity index (χ3v) is 7.30. The second kappa shape index (κ2) is 12.2. The van der Waals surface area contributed by atoms with Crippen molar-refractivity contribution in [3.63, 3.8) is 0 Å². The summed E-state index contributed by atoms with van der Waals surface area (Å²) in [5.41, 5.74) is 0.446. The third kappa shape index (κ3) is 7.41. The SMILES string of the molecule is COc1cc(Nc2ncnc(-c3ccc(O[C@H]4CCN(C(=O)OC(C)(C)C)C[C@H]4F)c(C#N)c3)n2)ccc1S(C)(=O)=O. The molecule has 1 fully saturated rings. The van der Waals surface area contributed by atoms with Gasteiger partial charge in [0, 0.05) is 36.5 Å². The Bertz CT molecular complexity index is 1620. The Hall–Kier alpha value is -4.51. The highest BCUT2D eigenvalue weighted by Crippen LogP contribution is 2.30. The van der Waals surface area contributed by atoms with Gasteiger partial charge in [-0.25, -0.2) is 27.6 Å². The maximum atomic E-state index is 15.0. The molecule has 2 heterocycles. The van der Waals surface area contributed by atoms with Crippen LogP contribution in [0, 0.1) is 11.3 Å². The quantitative estimate of drug-likeness (QED) is 0.414. The van der Waals surface area contributed by atoms with Crippen LogP contribution in [0.2, 0.25) is 0 Å². The van der Waals surface area contributed by atoms with Crippen molar-refractivity contribution in [2.45, 2.75) is 50.0 Å². The largest absolute Gasteiger partial charge is 0.495 e.